The molecule has 0 aromatic carbocycles. The number of unbranched alkanes of at least 4 members (excludes halogenated alkanes) is 24. The Bertz CT molecular complexity index is 914. The van der Waals surface area contributed by atoms with Gasteiger partial charge in [-0.1, -0.05) is 179 Å². The van der Waals surface area contributed by atoms with Crippen LogP contribution in [0.4, 0.5) is 0 Å². The number of hydrogen-bond donors (Lipinski definition) is 6. The van der Waals surface area contributed by atoms with Gasteiger partial charge in [0.15, 0.2) is 6.29 Å². The summed E-state index contributed by atoms with van der Waals surface area (Å²) >= 11 is 0. The molecule has 0 aromatic heterocycles. The summed E-state index contributed by atoms with van der Waals surface area (Å²) in [6.45, 7) is 3.66. The molecule has 1 heterocycles. The molecule has 1 amide bonds. The maximum absolute atomic E-state index is 12.8. The van der Waals surface area contributed by atoms with E-state index in [1.165, 1.54) is 135 Å². The topological polar surface area (TPSA) is 149 Å². The molecule has 0 aromatic rings. The monoisotopic (exact) mass is 782 g/mol. The van der Waals surface area contributed by atoms with E-state index in [9.17, 15) is 30.3 Å². The second-order valence-electron chi connectivity index (χ2n) is 16.2. The number of allylic oxidation sites excluding steroid dienone is 4. The van der Waals surface area contributed by atoms with Crippen LogP contribution in [0.3, 0.4) is 0 Å². The Morgan fingerprint density at radius 1 is 0.618 bits per heavy atom. The Morgan fingerprint density at radius 3 is 1.56 bits per heavy atom. The van der Waals surface area contributed by atoms with E-state index in [4.69, 9.17) is 9.47 Å². The number of hydrogen-bond acceptors (Lipinski definition) is 8. The summed E-state index contributed by atoms with van der Waals surface area (Å²) in [4.78, 5) is 12.8. The molecule has 1 aliphatic heterocycles. The largest absolute Gasteiger partial charge is 0.394 e. The van der Waals surface area contributed by atoms with Crippen molar-refractivity contribution in [1.82, 2.24) is 5.32 Å². The highest BCUT2D eigenvalue weighted by molar-refractivity contribution is 5.76. The van der Waals surface area contributed by atoms with E-state index >= 15 is 0 Å². The van der Waals surface area contributed by atoms with E-state index in [0.717, 1.165) is 44.9 Å². The fourth-order valence-corrected chi connectivity index (χ4v) is 7.31. The lowest BCUT2D eigenvalue weighted by Gasteiger charge is -2.40. The Hall–Kier alpha value is -1.33. The number of aliphatic hydroxyl groups is 5. The van der Waals surface area contributed by atoms with E-state index in [2.05, 4.69) is 43.5 Å². The minimum atomic E-state index is -1.55. The van der Waals surface area contributed by atoms with Crippen LogP contribution in [0.25, 0.3) is 0 Å². The van der Waals surface area contributed by atoms with E-state index < -0.39 is 49.5 Å². The molecule has 1 fully saturated rings. The van der Waals surface area contributed by atoms with Crippen LogP contribution in [-0.2, 0) is 14.3 Å². The first-order valence-electron chi connectivity index (χ1n) is 23.0. The normalized spacial score (nSPS) is 21.5. The smallest absolute Gasteiger partial charge is 0.220 e. The van der Waals surface area contributed by atoms with Gasteiger partial charge in [0.1, 0.15) is 24.4 Å². The summed E-state index contributed by atoms with van der Waals surface area (Å²) in [5.74, 6) is -0.155. The van der Waals surface area contributed by atoms with Crippen LogP contribution in [0.15, 0.2) is 24.3 Å². The molecule has 7 atom stereocenters. The van der Waals surface area contributed by atoms with Crippen LogP contribution in [0.2, 0.25) is 0 Å². The van der Waals surface area contributed by atoms with Gasteiger partial charge in [-0.3, -0.25) is 4.79 Å². The summed E-state index contributed by atoms with van der Waals surface area (Å²) in [6.07, 6.45) is 37.3. The maximum atomic E-state index is 12.8. The summed E-state index contributed by atoms with van der Waals surface area (Å²) in [6, 6.07) is -0.711. The fourth-order valence-electron chi connectivity index (χ4n) is 7.31. The summed E-state index contributed by atoms with van der Waals surface area (Å²) in [5, 5.41) is 53.5. The van der Waals surface area contributed by atoms with Gasteiger partial charge in [0.25, 0.3) is 0 Å². The van der Waals surface area contributed by atoms with Gasteiger partial charge in [0.05, 0.1) is 25.4 Å². The van der Waals surface area contributed by atoms with E-state index in [0.29, 0.717) is 12.8 Å². The van der Waals surface area contributed by atoms with Gasteiger partial charge < -0.3 is 40.3 Å². The van der Waals surface area contributed by atoms with Crippen LogP contribution in [0, 0.1) is 0 Å². The van der Waals surface area contributed by atoms with Crippen molar-refractivity contribution in [2.45, 2.75) is 249 Å². The second-order valence-corrected chi connectivity index (χ2v) is 16.2. The van der Waals surface area contributed by atoms with Gasteiger partial charge in [-0.05, 0) is 44.9 Å². The highest BCUT2D eigenvalue weighted by atomic mass is 16.7. The van der Waals surface area contributed by atoms with Crippen molar-refractivity contribution in [1.29, 1.82) is 0 Å². The minimum Gasteiger partial charge on any atom is -0.394 e. The zero-order valence-corrected chi connectivity index (χ0v) is 35.4. The SMILES string of the molecule is CCCCCCC/C=C\C/C=C\CCCCCCCCCCCCCCCCCCCC(=O)NC(COC1OC(CO)C(O)C(O)C1O)C(O)CCCCC. The molecule has 324 valence electrons. The van der Waals surface area contributed by atoms with Crippen molar-refractivity contribution in [3.63, 3.8) is 0 Å². The van der Waals surface area contributed by atoms with Crippen LogP contribution in [0.1, 0.15) is 206 Å². The Morgan fingerprint density at radius 2 is 1.07 bits per heavy atom. The van der Waals surface area contributed by atoms with Crippen LogP contribution in [0.5, 0.6) is 0 Å². The molecule has 1 saturated heterocycles. The average Bonchev–Trinajstić information content (AvgIpc) is 3.18. The number of ether oxygens (including phenoxy) is 2. The molecule has 0 aliphatic carbocycles. The molecule has 7 unspecified atom stereocenters. The lowest BCUT2D eigenvalue weighted by molar-refractivity contribution is -0.302. The average molecular weight is 782 g/mol. The standard InChI is InChI=1S/C46H87NO8/c1-3-5-7-8-9-10-11-12-13-14-15-16-17-18-19-20-21-22-23-24-25-26-27-28-29-30-31-32-34-36-42(50)47-39(40(49)35-33-6-4-2)38-54-46-45(53)44(52)43(51)41(37-48)55-46/h11-12,14-15,39-41,43-46,48-49,51-53H,3-10,13,16-38H2,1-2H3,(H,47,50)/b12-11-,15-14-. The highest BCUT2D eigenvalue weighted by Gasteiger charge is 2.44. The molecule has 1 rings (SSSR count). The van der Waals surface area contributed by atoms with Crippen LogP contribution >= 0.6 is 0 Å². The Kier molecular flexibility index (Phi) is 34.7. The predicted molar refractivity (Wildman–Crippen MR) is 226 cm³/mol. The van der Waals surface area contributed by atoms with Crippen LogP contribution < -0.4 is 5.32 Å². The quantitative estimate of drug-likeness (QED) is 0.0268. The van der Waals surface area contributed by atoms with Gasteiger partial charge >= 0.3 is 0 Å². The third kappa shape index (κ3) is 27.9. The van der Waals surface area contributed by atoms with E-state index in [1.807, 2.05) is 0 Å². The number of carbonyl (C=O) groups excluding carboxylic acids is 1. The lowest BCUT2D eigenvalue weighted by atomic mass is 9.99. The molecule has 9 heteroatoms. The fraction of sp³-hybridized carbons (Fsp3) is 0.891. The first kappa shape index (κ1) is 51.7. The number of carbonyl (C=O) groups is 1. The number of nitrogens with one attached hydrogen (secondary N) is 1. The zero-order valence-electron chi connectivity index (χ0n) is 35.4. The molecule has 0 spiro atoms. The molecule has 6 N–H and O–H groups in total. The number of rotatable bonds is 38. The van der Waals surface area contributed by atoms with Gasteiger partial charge in [-0.2, -0.15) is 0 Å². The lowest BCUT2D eigenvalue weighted by Crippen LogP contribution is -2.60. The van der Waals surface area contributed by atoms with Crippen molar-refractivity contribution in [3.8, 4) is 0 Å². The first-order chi connectivity index (χ1) is 26.8. The maximum Gasteiger partial charge on any atom is 0.220 e. The van der Waals surface area contributed by atoms with E-state index in [1.54, 1.807) is 0 Å². The molecule has 0 saturated carbocycles. The van der Waals surface area contributed by atoms with Gasteiger partial charge in [0.2, 0.25) is 5.91 Å². The molecular weight excluding hydrogens is 695 g/mol. The van der Waals surface area contributed by atoms with Crippen molar-refractivity contribution in [2.24, 2.45) is 0 Å². The number of amides is 1. The molecule has 1 aliphatic rings. The van der Waals surface area contributed by atoms with Gasteiger partial charge in [0, 0.05) is 6.42 Å². The predicted octanol–water partition coefficient (Wildman–Crippen LogP) is 9.50. The van der Waals surface area contributed by atoms with Gasteiger partial charge in [-0.15, -0.1) is 0 Å². The van der Waals surface area contributed by atoms with E-state index in [-0.39, 0.29) is 12.5 Å². The molecule has 55 heavy (non-hydrogen) atoms. The second kappa shape index (κ2) is 37.0. The summed E-state index contributed by atoms with van der Waals surface area (Å²) in [5.41, 5.74) is 0. The van der Waals surface area contributed by atoms with Crippen molar-refractivity contribution in [2.75, 3.05) is 13.2 Å². The molecule has 0 bridgehead atoms. The molecule has 9 nitrogen and oxygen atoms in total. The molecule has 0 radical (unpaired) electrons. The summed E-state index contributed by atoms with van der Waals surface area (Å²) in [7, 11) is 0. The first-order valence-corrected chi connectivity index (χ1v) is 23.0. The van der Waals surface area contributed by atoms with Gasteiger partial charge in [-0.25, -0.2) is 0 Å². The Labute approximate surface area is 337 Å². The number of aliphatic hydroxyl groups excluding tert-OH is 5. The van der Waals surface area contributed by atoms with Crippen molar-refractivity contribution in [3.05, 3.63) is 24.3 Å². The molecular formula is C46H87NO8. The third-order valence-corrected chi connectivity index (χ3v) is 11.1. The zero-order chi connectivity index (χ0) is 40.2. The highest BCUT2D eigenvalue weighted by Crippen LogP contribution is 2.23. The third-order valence-electron chi connectivity index (χ3n) is 11.1. The Balaban J connectivity index is 2.01. The summed E-state index contributed by atoms with van der Waals surface area (Å²) < 4.78 is 11.1. The van der Waals surface area contributed by atoms with Crippen LogP contribution in [-0.4, -0.2) is 87.5 Å². The minimum absolute atomic E-state index is 0.141. The van der Waals surface area contributed by atoms with Crippen molar-refractivity contribution >= 4 is 5.91 Å². The van der Waals surface area contributed by atoms with Crippen molar-refractivity contribution < 1.29 is 39.8 Å².